The SMILES string of the molecule is CC[C@@H](C)N(Cc1cccnc1)Cc1cccc(Oc2ncccn2)c1. The monoisotopic (exact) mass is 348 g/mol. The van der Waals surface area contributed by atoms with E-state index in [9.17, 15) is 0 Å². The Kier molecular flexibility index (Phi) is 6.28. The zero-order chi connectivity index (χ0) is 18.2. The largest absolute Gasteiger partial charge is 0.424 e. The highest BCUT2D eigenvalue weighted by molar-refractivity contribution is 5.30. The fraction of sp³-hybridized carbons (Fsp3) is 0.286. The molecular weight excluding hydrogens is 324 g/mol. The van der Waals surface area contributed by atoms with Gasteiger partial charge in [-0.1, -0.05) is 25.1 Å². The third-order valence-corrected chi connectivity index (χ3v) is 4.36. The average Bonchev–Trinajstić information content (AvgIpc) is 2.69. The van der Waals surface area contributed by atoms with Gasteiger partial charge in [0.05, 0.1) is 0 Å². The Morgan fingerprint density at radius 1 is 0.962 bits per heavy atom. The molecule has 0 aliphatic rings. The van der Waals surface area contributed by atoms with Crippen molar-refractivity contribution >= 4 is 0 Å². The first kappa shape index (κ1) is 18.0. The molecule has 2 heterocycles. The molecule has 0 aliphatic carbocycles. The van der Waals surface area contributed by atoms with E-state index in [4.69, 9.17) is 4.74 Å². The molecule has 0 saturated heterocycles. The highest BCUT2D eigenvalue weighted by Crippen LogP contribution is 2.21. The molecule has 0 unspecified atom stereocenters. The van der Waals surface area contributed by atoms with Crippen molar-refractivity contribution in [2.75, 3.05) is 0 Å². The Bertz CT molecular complexity index is 795. The molecule has 1 aromatic carbocycles. The van der Waals surface area contributed by atoms with Crippen molar-refractivity contribution in [1.82, 2.24) is 19.9 Å². The lowest BCUT2D eigenvalue weighted by molar-refractivity contribution is 0.186. The summed E-state index contributed by atoms with van der Waals surface area (Å²) in [6, 6.07) is 14.8. The van der Waals surface area contributed by atoms with Crippen LogP contribution in [0.4, 0.5) is 0 Å². The Morgan fingerprint density at radius 2 is 1.73 bits per heavy atom. The minimum atomic E-state index is 0.360. The van der Waals surface area contributed by atoms with Crippen molar-refractivity contribution < 1.29 is 4.74 Å². The number of aromatic nitrogens is 3. The predicted octanol–water partition coefficient (Wildman–Crippen LogP) is 4.46. The van der Waals surface area contributed by atoms with Gasteiger partial charge in [-0.2, -0.15) is 0 Å². The third kappa shape index (κ3) is 5.10. The summed E-state index contributed by atoms with van der Waals surface area (Å²) >= 11 is 0. The molecular formula is C21H24N4O. The number of nitrogens with zero attached hydrogens (tertiary/aromatic N) is 4. The van der Waals surface area contributed by atoms with Crippen molar-refractivity contribution in [2.45, 2.75) is 39.4 Å². The van der Waals surface area contributed by atoms with Crippen molar-refractivity contribution in [1.29, 1.82) is 0 Å². The molecule has 5 heteroatoms. The van der Waals surface area contributed by atoms with Crippen LogP contribution in [0.2, 0.25) is 0 Å². The van der Waals surface area contributed by atoms with E-state index in [0.717, 1.165) is 25.3 Å². The summed E-state index contributed by atoms with van der Waals surface area (Å²) < 4.78 is 5.75. The lowest BCUT2D eigenvalue weighted by Gasteiger charge is -2.28. The van der Waals surface area contributed by atoms with Crippen molar-refractivity contribution in [3.63, 3.8) is 0 Å². The molecule has 0 N–H and O–H groups in total. The molecule has 3 aromatic rings. The number of pyridine rings is 1. The van der Waals surface area contributed by atoms with E-state index < -0.39 is 0 Å². The van der Waals surface area contributed by atoms with Crippen LogP contribution in [0.15, 0.2) is 67.3 Å². The maximum Gasteiger partial charge on any atom is 0.321 e. The second-order valence-electron chi connectivity index (χ2n) is 6.30. The Hall–Kier alpha value is -2.79. The standard InChI is InChI=1S/C21H24N4O/c1-3-17(2)25(16-19-8-5-10-22-14-19)15-18-7-4-9-20(13-18)26-21-23-11-6-12-24-21/h4-14,17H,3,15-16H2,1-2H3/t17-/m1/s1. The minimum Gasteiger partial charge on any atom is -0.424 e. The molecule has 0 spiro atoms. The van der Waals surface area contributed by atoms with Crippen LogP contribution in [0, 0.1) is 0 Å². The van der Waals surface area contributed by atoms with Gasteiger partial charge in [0.2, 0.25) is 0 Å². The second-order valence-corrected chi connectivity index (χ2v) is 6.30. The topological polar surface area (TPSA) is 51.1 Å². The Balaban J connectivity index is 1.73. The lowest BCUT2D eigenvalue weighted by Crippen LogP contribution is -2.31. The van der Waals surface area contributed by atoms with Crippen LogP contribution < -0.4 is 4.74 Å². The smallest absolute Gasteiger partial charge is 0.321 e. The molecule has 134 valence electrons. The normalized spacial score (nSPS) is 12.1. The fourth-order valence-electron chi connectivity index (χ4n) is 2.74. The van der Waals surface area contributed by atoms with Crippen LogP contribution in [0.3, 0.4) is 0 Å². The van der Waals surface area contributed by atoms with Gasteiger partial charge >= 0.3 is 6.01 Å². The van der Waals surface area contributed by atoms with Crippen molar-refractivity contribution in [3.8, 4) is 11.8 Å². The lowest BCUT2D eigenvalue weighted by atomic mass is 10.1. The summed E-state index contributed by atoms with van der Waals surface area (Å²) in [6.45, 7) is 6.19. The third-order valence-electron chi connectivity index (χ3n) is 4.36. The molecule has 0 aliphatic heterocycles. The maximum absolute atomic E-state index is 5.75. The van der Waals surface area contributed by atoms with Gasteiger partial charge < -0.3 is 4.74 Å². The number of hydrogen-bond donors (Lipinski definition) is 0. The van der Waals surface area contributed by atoms with E-state index in [1.54, 1.807) is 18.5 Å². The molecule has 0 fully saturated rings. The van der Waals surface area contributed by atoms with Gasteiger partial charge in [-0.05, 0) is 48.7 Å². The summed E-state index contributed by atoms with van der Waals surface area (Å²) in [4.78, 5) is 14.9. The van der Waals surface area contributed by atoms with Crippen LogP contribution in [-0.4, -0.2) is 25.9 Å². The number of rotatable bonds is 8. The van der Waals surface area contributed by atoms with Crippen molar-refractivity contribution in [3.05, 3.63) is 78.4 Å². The van der Waals surface area contributed by atoms with E-state index in [-0.39, 0.29) is 0 Å². The highest BCUT2D eigenvalue weighted by atomic mass is 16.5. The minimum absolute atomic E-state index is 0.360. The van der Waals surface area contributed by atoms with Gasteiger partial charge in [-0.25, -0.2) is 9.97 Å². The van der Waals surface area contributed by atoms with E-state index in [0.29, 0.717) is 12.1 Å². The van der Waals surface area contributed by atoms with E-state index >= 15 is 0 Å². The van der Waals surface area contributed by atoms with Gasteiger partial charge in [0.25, 0.3) is 0 Å². The van der Waals surface area contributed by atoms with Crippen LogP contribution in [0.5, 0.6) is 11.8 Å². The zero-order valence-electron chi connectivity index (χ0n) is 15.2. The summed E-state index contributed by atoms with van der Waals surface area (Å²) in [5, 5.41) is 0. The maximum atomic E-state index is 5.75. The van der Waals surface area contributed by atoms with Gasteiger partial charge in [0.15, 0.2) is 0 Å². The van der Waals surface area contributed by atoms with E-state index in [1.807, 2.05) is 30.6 Å². The number of benzene rings is 1. The first-order chi connectivity index (χ1) is 12.7. The number of ether oxygens (including phenoxy) is 1. The fourth-order valence-corrected chi connectivity index (χ4v) is 2.74. The summed E-state index contributed by atoms with van der Waals surface area (Å²) in [5.41, 5.74) is 2.42. The van der Waals surface area contributed by atoms with Crippen LogP contribution in [0.1, 0.15) is 31.4 Å². The Labute approximate surface area is 154 Å². The first-order valence-corrected chi connectivity index (χ1v) is 8.91. The summed E-state index contributed by atoms with van der Waals surface area (Å²) in [5.74, 6) is 0.749. The molecule has 0 bridgehead atoms. The van der Waals surface area contributed by atoms with Gasteiger partial charge in [-0.3, -0.25) is 9.88 Å². The molecule has 0 radical (unpaired) electrons. The van der Waals surface area contributed by atoms with Gasteiger partial charge in [0, 0.05) is 43.9 Å². The summed E-state index contributed by atoms with van der Waals surface area (Å²) in [7, 11) is 0. The summed E-state index contributed by atoms with van der Waals surface area (Å²) in [6.07, 6.45) is 8.18. The number of hydrogen-bond acceptors (Lipinski definition) is 5. The van der Waals surface area contributed by atoms with Gasteiger partial charge in [-0.15, -0.1) is 0 Å². The molecule has 1 atom stereocenters. The van der Waals surface area contributed by atoms with Crippen LogP contribution in [-0.2, 0) is 13.1 Å². The van der Waals surface area contributed by atoms with Crippen LogP contribution >= 0.6 is 0 Å². The molecule has 2 aromatic heterocycles. The molecule has 0 saturated carbocycles. The quantitative estimate of drug-likeness (QED) is 0.601. The molecule has 26 heavy (non-hydrogen) atoms. The first-order valence-electron chi connectivity index (χ1n) is 8.91. The van der Waals surface area contributed by atoms with Gasteiger partial charge in [0.1, 0.15) is 5.75 Å². The van der Waals surface area contributed by atoms with Crippen molar-refractivity contribution in [2.24, 2.45) is 0 Å². The second kappa shape index (κ2) is 9.06. The van der Waals surface area contributed by atoms with E-state index in [1.165, 1.54) is 11.1 Å². The Morgan fingerprint density at radius 3 is 2.46 bits per heavy atom. The molecule has 0 amide bonds. The highest BCUT2D eigenvalue weighted by Gasteiger charge is 2.14. The van der Waals surface area contributed by atoms with E-state index in [2.05, 4.69) is 51.9 Å². The average molecular weight is 348 g/mol. The predicted molar refractivity (Wildman–Crippen MR) is 102 cm³/mol. The van der Waals surface area contributed by atoms with Crippen LogP contribution in [0.25, 0.3) is 0 Å². The molecule has 3 rings (SSSR count). The molecule has 5 nitrogen and oxygen atoms in total. The zero-order valence-corrected chi connectivity index (χ0v) is 15.2.